The van der Waals surface area contributed by atoms with Gasteiger partial charge in [0.15, 0.2) is 0 Å². The molecule has 0 radical (unpaired) electrons. The predicted octanol–water partition coefficient (Wildman–Crippen LogP) is 1.17. The van der Waals surface area contributed by atoms with E-state index in [1.165, 1.54) is 7.11 Å². The molecule has 1 aliphatic rings. The molecule has 2 N–H and O–H groups in total. The second-order valence-electron chi connectivity index (χ2n) is 3.72. The summed E-state index contributed by atoms with van der Waals surface area (Å²) in [4.78, 5) is 11.4. The summed E-state index contributed by atoms with van der Waals surface area (Å²) >= 11 is 0. The first kappa shape index (κ1) is 11.4. The Labute approximate surface area is 81.6 Å². The number of hydrogen-bond acceptors (Lipinski definition) is 3. The summed E-state index contributed by atoms with van der Waals surface area (Å²) in [7, 11) is 1.21. The minimum absolute atomic E-state index is 0.0195. The molecule has 0 saturated heterocycles. The lowest BCUT2D eigenvalue weighted by Crippen LogP contribution is -2.43. The zero-order chi connectivity index (χ0) is 10.8. The average Bonchev–Trinajstić information content (AvgIpc) is 2.96. The fraction of sp³-hybridized carbons (Fsp3) is 0.889. The van der Waals surface area contributed by atoms with E-state index in [1.54, 1.807) is 0 Å². The molecule has 1 unspecified atom stereocenters. The molecule has 0 spiro atoms. The second-order valence-corrected chi connectivity index (χ2v) is 3.72. The van der Waals surface area contributed by atoms with Crippen molar-refractivity contribution < 1.29 is 18.3 Å². The van der Waals surface area contributed by atoms with Crippen LogP contribution in [0.4, 0.5) is 8.78 Å². The van der Waals surface area contributed by atoms with Crippen LogP contribution in [0.25, 0.3) is 0 Å². The molecule has 3 nitrogen and oxygen atoms in total. The van der Waals surface area contributed by atoms with Crippen molar-refractivity contribution in [1.82, 2.24) is 0 Å². The van der Waals surface area contributed by atoms with Gasteiger partial charge < -0.3 is 10.5 Å². The standard InChI is InChI=1S/C9H15F2NO2/c1-14-8(13)9(5-12,4-7(10)11)6-2-3-6/h6-7H,2-5,12H2,1H3. The van der Waals surface area contributed by atoms with Gasteiger partial charge in [-0.15, -0.1) is 0 Å². The first-order chi connectivity index (χ1) is 6.56. The van der Waals surface area contributed by atoms with Crippen LogP contribution in [0.15, 0.2) is 0 Å². The van der Waals surface area contributed by atoms with Gasteiger partial charge in [-0.05, 0) is 18.8 Å². The van der Waals surface area contributed by atoms with E-state index in [0.717, 1.165) is 12.8 Å². The topological polar surface area (TPSA) is 52.3 Å². The highest BCUT2D eigenvalue weighted by molar-refractivity contribution is 5.78. The fourth-order valence-electron chi connectivity index (χ4n) is 1.86. The van der Waals surface area contributed by atoms with E-state index in [0.29, 0.717) is 0 Å². The number of nitrogens with two attached hydrogens (primary N) is 1. The van der Waals surface area contributed by atoms with Gasteiger partial charge in [0.05, 0.1) is 12.5 Å². The van der Waals surface area contributed by atoms with Crippen molar-refractivity contribution in [1.29, 1.82) is 0 Å². The first-order valence-electron chi connectivity index (χ1n) is 4.63. The molecule has 1 rings (SSSR count). The Bertz CT molecular complexity index is 219. The number of carbonyl (C=O) groups excluding carboxylic acids is 1. The number of hydrogen-bond donors (Lipinski definition) is 1. The summed E-state index contributed by atoms with van der Waals surface area (Å²) < 4.78 is 29.2. The lowest BCUT2D eigenvalue weighted by molar-refractivity contribution is -0.156. The van der Waals surface area contributed by atoms with Crippen LogP contribution in [0.2, 0.25) is 0 Å². The van der Waals surface area contributed by atoms with Crippen LogP contribution in [0, 0.1) is 11.3 Å². The Kier molecular flexibility index (Phi) is 3.42. The van der Waals surface area contributed by atoms with Gasteiger partial charge in [0.1, 0.15) is 0 Å². The summed E-state index contributed by atoms with van der Waals surface area (Å²) in [5, 5.41) is 0. The number of carbonyl (C=O) groups is 1. The maximum atomic E-state index is 12.3. The summed E-state index contributed by atoms with van der Waals surface area (Å²) in [5.74, 6) is -0.614. The maximum absolute atomic E-state index is 12.3. The molecule has 0 bridgehead atoms. The number of ether oxygens (including phenoxy) is 1. The van der Waals surface area contributed by atoms with Crippen LogP contribution in [0.3, 0.4) is 0 Å². The third kappa shape index (κ3) is 2.03. The Balaban J connectivity index is 2.79. The molecule has 82 valence electrons. The molecular formula is C9H15F2NO2. The van der Waals surface area contributed by atoms with Crippen LogP contribution >= 0.6 is 0 Å². The molecule has 0 amide bonds. The van der Waals surface area contributed by atoms with Gasteiger partial charge in [0, 0.05) is 13.0 Å². The summed E-state index contributed by atoms with van der Waals surface area (Å²) in [5.41, 5.74) is 4.29. The van der Waals surface area contributed by atoms with E-state index in [1.807, 2.05) is 0 Å². The maximum Gasteiger partial charge on any atom is 0.313 e. The van der Waals surface area contributed by atoms with Crippen LogP contribution in [0.1, 0.15) is 19.3 Å². The van der Waals surface area contributed by atoms with Gasteiger partial charge in [-0.25, -0.2) is 8.78 Å². The van der Waals surface area contributed by atoms with Crippen LogP contribution < -0.4 is 5.73 Å². The van der Waals surface area contributed by atoms with Gasteiger partial charge in [-0.2, -0.15) is 0 Å². The van der Waals surface area contributed by atoms with Crippen molar-refractivity contribution in [2.75, 3.05) is 13.7 Å². The zero-order valence-electron chi connectivity index (χ0n) is 8.13. The van der Waals surface area contributed by atoms with Crippen LogP contribution in [0.5, 0.6) is 0 Å². The smallest absolute Gasteiger partial charge is 0.313 e. The molecule has 0 aromatic rings. The van der Waals surface area contributed by atoms with Crippen molar-refractivity contribution >= 4 is 5.97 Å². The quantitative estimate of drug-likeness (QED) is 0.688. The lowest BCUT2D eigenvalue weighted by atomic mass is 9.79. The fourth-order valence-corrected chi connectivity index (χ4v) is 1.86. The van der Waals surface area contributed by atoms with E-state index in [9.17, 15) is 13.6 Å². The van der Waals surface area contributed by atoms with Crippen molar-refractivity contribution in [2.45, 2.75) is 25.7 Å². The second kappa shape index (κ2) is 4.21. The van der Waals surface area contributed by atoms with Crippen molar-refractivity contribution in [3.63, 3.8) is 0 Å². The van der Waals surface area contributed by atoms with Crippen LogP contribution in [-0.4, -0.2) is 26.0 Å². The Morgan fingerprint density at radius 1 is 1.64 bits per heavy atom. The Morgan fingerprint density at radius 2 is 2.21 bits per heavy atom. The number of esters is 1. The third-order valence-corrected chi connectivity index (χ3v) is 2.83. The number of methoxy groups -OCH3 is 1. The molecule has 5 heteroatoms. The number of halogens is 2. The zero-order valence-corrected chi connectivity index (χ0v) is 8.13. The van der Waals surface area contributed by atoms with Gasteiger partial charge >= 0.3 is 5.97 Å². The minimum atomic E-state index is -2.52. The molecule has 1 aliphatic carbocycles. The molecule has 0 aliphatic heterocycles. The predicted molar refractivity (Wildman–Crippen MR) is 46.8 cm³/mol. The highest BCUT2D eigenvalue weighted by atomic mass is 19.3. The van der Waals surface area contributed by atoms with Crippen molar-refractivity contribution in [3.05, 3.63) is 0 Å². The molecule has 1 fully saturated rings. The van der Waals surface area contributed by atoms with Crippen molar-refractivity contribution in [2.24, 2.45) is 17.1 Å². The first-order valence-corrected chi connectivity index (χ1v) is 4.63. The normalized spacial score (nSPS) is 20.6. The van der Waals surface area contributed by atoms with Crippen LogP contribution in [-0.2, 0) is 9.53 Å². The third-order valence-electron chi connectivity index (χ3n) is 2.83. The molecule has 0 aromatic carbocycles. The summed E-state index contributed by atoms with van der Waals surface area (Å²) in [6, 6.07) is 0. The molecule has 1 saturated carbocycles. The van der Waals surface area contributed by atoms with E-state index in [4.69, 9.17) is 5.73 Å². The lowest BCUT2D eigenvalue weighted by Gasteiger charge is -2.29. The summed E-state index contributed by atoms with van der Waals surface area (Å²) in [6.07, 6.45) is -1.42. The highest BCUT2D eigenvalue weighted by Gasteiger charge is 2.52. The highest BCUT2D eigenvalue weighted by Crippen LogP contribution is 2.49. The molecule has 14 heavy (non-hydrogen) atoms. The van der Waals surface area contributed by atoms with E-state index in [-0.39, 0.29) is 12.5 Å². The molecule has 0 heterocycles. The Morgan fingerprint density at radius 3 is 2.50 bits per heavy atom. The molecule has 1 atom stereocenters. The van der Waals surface area contributed by atoms with Gasteiger partial charge in [-0.1, -0.05) is 0 Å². The largest absolute Gasteiger partial charge is 0.469 e. The Hall–Kier alpha value is -0.710. The van der Waals surface area contributed by atoms with Gasteiger partial charge in [0.2, 0.25) is 6.43 Å². The van der Waals surface area contributed by atoms with Crippen molar-refractivity contribution in [3.8, 4) is 0 Å². The monoisotopic (exact) mass is 207 g/mol. The molecular weight excluding hydrogens is 192 g/mol. The molecule has 0 aromatic heterocycles. The average molecular weight is 207 g/mol. The minimum Gasteiger partial charge on any atom is -0.469 e. The van der Waals surface area contributed by atoms with E-state index < -0.39 is 24.2 Å². The van der Waals surface area contributed by atoms with Gasteiger partial charge in [-0.3, -0.25) is 4.79 Å². The number of rotatable bonds is 5. The van der Waals surface area contributed by atoms with E-state index in [2.05, 4.69) is 4.74 Å². The summed E-state index contributed by atoms with van der Waals surface area (Å²) in [6.45, 7) is -0.0608. The van der Waals surface area contributed by atoms with E-state index >= 15 is 0 Å². The SMILES string of the molecule is COC(=O)C(CN)(CC(F)F)C1CC1. The van der Waals surface area contributed by atoms with Gasteiger partial charge in [0.25, 0.3) is 0 Å². The number of alkyl halides is 2.